The fourth-order valence-electron chi connectivity index (χ4n) is 4.87. The number of aryl methyl sites for hydroxylation is 1. The summed E-state index contributed by atoms with van der Waals surface area (Å²) in [6.45, 7) is 13.6. The molecule has 32 heavy (non-hydrogen) atoms. The van der Waals surface area contributed by atoms with E-state index in [0.717, 1.165) is 28.9 Å². The summed E-state index contributed by atoms with van der Waals surface area (Å²) in [4.78, 5) is 28.0. The Morgan fingerprint density at radius 2 is 1.72 bits per heavy atom. The van der Waals surface area contributed by atoms with Crippen molar-refractivity contribution in [2.75, 3.05) is 13.1 Å². The van der Waals surface area contributed by atoms with Crippen LogP contribution in [0.1, 0.15) is 75.9 Å². The summed E-state index contributed by atoms with van der Waals surface area (Å²) < 4.78 is 2.01. The predicted molar refractivity (Wildman–Crippen MR) is 130 cm³/mol. The largest absolute Gasteiger partial charge is 0.339 e. The molecule has 1 aromatic carbocycles. The molecule has 0 saturated carbocycles. The first-order valence-corrected chi connectivity index (χ1v) is 11.7. The van der Waals surface area contributed by atoms with Gasteiger partial charge in [0.2, 0.25) is 5.91 Å². The predicted octanol–water partition coefficient (Wildman–Crippen LogP) is 5.20. The van der Waals surface area contributed by atoms with Crippen LogP contribution >= 0.6 is 0 Å². The van der Waals surface area contributed by atoms with Crippen LogP contribution in [-0.4, -0.2) is 39.5 Å². The van der Waals surface area contributed by atoms with E-state index in [2.05, 4.69) is 38.0 Å². The van der Waals surface area contributed by atoms with Crippen molar-refractivity contribution in [1.29, 1.82) is 0 Å². The molecule has 0 unspecified atom stereocenters. The normalized spacial score (nSPS) is 16.5. The van der Waals surface area contributed by atoms with Gasteiger partial charge in [0.05, 0.1) is 16.6 Å². The smallest absolute Gasteiger partial charge is 0.246 e. The first kappa shape index (κ1) is 24.0. The molecule has 1 amide bonds. The number of likely N-dealkylation sites (tertiary alicyclic amines) is 1. The molecule has 2 aromatic rings. The van der Waals surface area contributed by atoms with Crippen LogP contribution in [0.15, 0.2) is 36.4 Å². The molecular formula is C27H37N3O2. The van der Waals surface area contributed by atoms with Crippen LogP contribution in [0, 0.1) is 13.8 Å². The molecule has 0 radical (unpaired) electrons. The molecule has 2 heterocycles. The van der Waals surface area contributed by atoms with E-state index < -0.39 is 5.41 Å². The van der Waals surface area contributed by atoms with Crippen LogP contribution in [0.2, 0.25) is 0 Å². The molecule has 1 aliphatic rings. The van der Waals surface area contributed by atoms with Gasteiger partial charge in [0.1, 0.15) is 5.78 Å². The zero-order valence-electron chi connectivity index (χ0n) is 20.4. The number of ketones is 1. The average molecular weight is 436 g/mol. The monoisotopic (exact) mass is 435 g/mol. The standard InChI is InChI=1S/C27H37N3O2/c1-7-11-24(31)27(22-12-9-8-10-13-22)16-18-29(19-17-27)25(32)15-14-23-20(2)28-30(21(23)3)26(4,5)6/h8-10,12-15H,7,11,16-19H2,1-6H3/b15-14+. The Bertz CT molecular complexity index is 988. The number of aromatic nitrogens is 2. The lowest BCUT2D eigenvalue weighted by molar-refractivity contribution is -0.132. The van der Waals surface area contributed by atoms with Crippen LogP contribution in [0.4, 0.5) is 0 Å². The van der Waals surface area contributed by atoms with Crippen LogP contribution in [0.5, 0.6) is 0 Å². The van der Waals surface area contributed by atoms with Gasteiger partial charge in [-0.05, 0) is 65.5 Å². The lowest BCUT2D eigenvalue weighted by atomic mass is 9.68. The fraction of sp³-hybridized carbons (Fsp3) is 0.519. The van der Waals surface area contributed by atoms with E-state index >= 15 is 0 Å². The second-order valence-electron chi connectivity index (χ2n) is 9.95. The van der Waals surface area contributed by atoms with Gasteiger partial charge in [-0.1, -0.05) is 37.3 Å². The number of Topliss-reactive ketones (excluding diaryl/α,β-unsaturated/α-hetero) is 1. The number of amides is 1. The van der Waals surface area contributed by atoms with Crippen LogP contribution in [0.3, 0.4) is 0 Å². The second-order valence-corrected chi connectivity index (χ2v) is 9.95. The average Bonchev–Trinajstić information content (AvgIpc) is 3.06. The van der Waals surface area contributed by atoms with E-state index in [0.29, 0.717) is 38.1 Å². The number of hydrogen-bond acceptors (Lipinski definition) is 3. The molecule has 1 fully saturated rings. The lowest BCUT2D eigenvalue weighted by Crippen LogP contribution is -2.48. The number of carbonyl (C=O) groups excluding carboxylic acids is 2. The highest BCUT2D eigenvalue weighted by Crippen LogP contribution is 2.38. The van der Waals surface area contributed by atoms with Crippen molar-refractivity contribution in [2.45, 2.75) is 78.2 Å². The van der Waals surface area contributed by atoms with Crippen molar-refractivity contribution in [2.24, 2.45) is 0 Å². The summed E-state index contributed by atoms with van der Waals surface area (Å²) in [6.07, 6.45) is 6.33. The van der Waals surface area contributed by atoms with E-state index in [1.165, 1.54) is 0 Å². The Balaban J connectivity index is 1.75. The number of piperidine rings is 1. The Morgan fingerprint density at radius 1 is 1.09 bits per heavy atom. The summed E-state index contributed by atoms with van der Waals surface area (Å²) in [5.41, 5.74) is 3.49. The third kappa shape index (κ3) is 4.72. The molecular weight excluding hydrogens is 398 g/mol. The van der Waals surface area contributed by atoms with Crippen LogP contribution in [-0.2, 0) is 20.5 Å². The van der Waals surface area contributed by atoms with Crippen molar-refractivity contribution in [1.82, 2.24) is 14.7 Å². The van der Waals surface area contributed by atoms with E-state index in [1.54, 1.807) is 6.08 Å². The van der Waals surface area contributed by atoms with E-state index in [4.69, 9.17) is 0 Å². The second kappa shape index (κ2) is 9.43. The maximum absolute atomic E-state index is 13.1. The number of benzene rings is 1. The molecule has 5 heteroatoms. The highest BCUT2D eigenvalue weighted by Gasteiger charge is 2.42. The molecule has 1 aromatic heterocycles. The molecule has 1 aliphatic heterocycles. The maximum atomic E-state index is 13.1. The number of hydrogen-bond donors (Lipinski definition) is 0. The minimum Gasteiger partial charge on any atom is -0.339 e. The molecule has 5 nitrogen and oxygen atoms in total. The minimum atomic E-state index is -0.473. The Kier molecular flexibility index (Phi) is 7.06. The highest BCUT2D eigenvalue weighted by molar-refractivity contribution is 5.93. The zero-order valence-corrected chi connectivity index (χ0v) is 20.4. The van der Waals surface area contributed by atoms with Gasteiger partial charge in [0, 0.05) is 36.8 Å². The quantitative estimate of drug-likeness (QED) is 0.586. The Morgan fingerprint density at radius 3 is 2.25 bits per heavy atom. The summed E-state index contributed by atoms with van der Waals surface area (Å²) in [5, 5.41) is 4.66. The number of nitrogens with zero attached hydrogens (tertiary/aromatic N) is 3. The van der Waals surface area contributed by atoms with Gasteiger partial charge in [-0.2, -0.15) is 5.10 Å². The maximum Gasteiger partial charge on any atom is 0.246 e. The molecule has 0 N–H and O–H groups in total. The fourth-order valence-corrected chi connectivity index (χ4v) is 4.87. The van der Waals surface area contributed by atoms with Gasteiger partial charge >= 0.3 is 0 Å². The molecule has 0 spiro atoms. The van der Waals surface area contributed by atoms with Crippen molar-refractivity contribution in [3.8, 4) is 0 Å². The van der Waals surface area contributed by atoms with Gasteiger partial charge in [0.25, 0.3) is 0 Å². The Hall–Kier alpha value is -2.69. The number of rotatable bonds is 6. The summed E-state index contributed by atoms with van der Waals surface area (Å²) in [6, 6.07) is 10.1. The van der Waals surface area contributed by atoms with Gasteiger partial charge in [0.15, 0.2) is 0 Å². The molecule has 1 saturated heterocycles. The molecule has 3 rings (SSSR count). The van der Waals surface area contributed by atoms with E-state index in [-0.39, 0.29) is 11.4 Å². The first-order valence-electron chi connectivity index (χ1n) is 11.7. The summed E-state index contributed by atoms with van der Waals surface area (Å²) in [5.74, 6) is 0.298. The minimum absolute atomic E-state index is 0.00286. The SMILES string of the molecule is CCCC(=O)C1(c2ccccc2)CCN(C(=O)/C=C/c2c(C)nn(C(C)(C)C)c2C)CC1. The third-order valence-corrected chi connectivity index (χ3v) is 6.64. The third-order valence-electron chi connectivity index (χ3n) is 6.64. The van der Waals surface area contributed by atoms with Crippen molar-refractivity contribution < 1.29 is 9.59 Å². The highest BCUT2D eigenvalue weighted by atomic mass is 16.2. The first-order chi connectivity index (χ1) is 15.1. The molecule has 0 aliphatic carbocycles. The summed E-state index contributed by atoms with van der Waals surface area (Å²) in [7, 11) is 0. The van der Waals surface area contributed by atoms with Gasteiger partial charge in [-0.3, -0.25) is 14.3 Å². The van der Waals surface area contributed by atoms with Crippen LogP contribution in [0.25, 0.3) is 6.08 Å². The van der Waals surface area contributed by atoms with Crippen molar-refractivity contribution in [3.05, 3.63) is 58.9 Å². The van der Waals surface area contributed by atoms with Crippen molar-refractivity contribution >= 4 is 17.8 Å². The topological polar surface area (TPSA) is 55.2 Å². The molecule has 0 atom stereocenters. The van der Waals surface area contributed by atoms with Gasteiger partial charge < -0.3 is 4.90 Å². The van der Waals surface area contributed by atoms with Crippen LogP contribution < -0.4 is 0 Å². The van der Waals surface area contributed by atoms with E-state index in [1.807, 2.05) is 54.6 Å². The van der Waals surface area contributed by atoms with E-state index in [9.17, 15) is 9.59 Å². The summed E-state index contributed by atoms with van der Waals surface area (Å²) >= 11 is 0. The molecule has 172 valence electrons. The Labute approximate surface area is 192 Å². The zero-order chi connectivity index (χ0) is 23.5. The van der Waals surface area contributed by atoms with Crippen molar-refractivity contribution in [3.63, 3.8) is 0 Å². The van der Waals surface area contributed by atoms with Gasteiger partial charge in [-0.15, -0.1) is 0 Å². The van der Waals surface area contributed by atoms with Gasteiger partial charge in [-0.25, -0.2) is 0 Å². The molecule has 0 bridgehead atoms. The number of carbonyl (C=O) groups is 2. The lowest BCUT2D eigenvalue weighted by Gasteiger charge is -2.41.